The van der Waals surface area contributed by atoms with Gasteiger partial charge < -0.3 is 4.74 Å². The van der Waals surface area contributed by atoms with E-state index in [9.17, 15) is 4.79 Å². The van der Waals surface area contributed by atoms with Gasteiger partial charge in [0.25, 0.3) is 0 Å². The lowest BCUT2D eigenvalue weighted by Crippen LogP contribution is -1.93. The number of hydrogen-bond acceptors (Lipinski definition) is 2. The van der Waals surface area contributed by atoms with Gasteiger partial charge in [-0.1, -0.05) is 12.2 Å². The number of ether oxygens (including phenoxy) is 1. The van der Waals surface area contributed by atoms with Crippen LogP contribution in [0.1, 0.15) is 19.3 Å². The van der Waals surface area contributed by atoms with E-state index in [0.717, 1.165) is 24.2 Å². The normalized spacial score (nSPS) is 23.0. The molecule has 0 amide bonds. The molecule has 0 saturated carbocycles. The summed E-state index contributed by atoms with van der Waals surface area (Å²) in [7, 11) is 0. The molecule has 0 saturated heterocycles. The van der Waals surface area contributed by atoms with Crippen LogP contribution in [0.2, 0.25) is 0 Å². The molecule has 0 aromatic heterocycles. The van der Waals surface area contributed by atoms with Crippen molar-refractivity contribution in [1.82, 2.24) is 0 Å². The maximum Gasteiger partial charge on any atom is 0.315 e. The van der Waals surface area contributed by atoms with Gasteiger partial charge in [0.2, 0.25) is 0 Å². The van der Waals surface area contributed by atoms with Gasteiger partial charge in [0.1, 0.15) is 5.76 Å². The van der Waals surface area contributed by atoms with Crippen molar-refractivity contribution in [3.05, 3.63) is 23.5 Å². The van der Waals surface area contributed by atoms with Crippen molar-refractivity contribution in [3.63, 3.8) is 0 Å². The molecule has 0 bridgehead atoms. The molecular formula is C8H8O2. The van der Waals surface area contributed by atoms with Crippen LogP contribution in [-0.4, -0.2) is 5.97 Å². The highest BCUT2D eigenvalue weighted by atomic mass is 16.5. The molecule has 1 aliphatic carbocycles. The first-order valence-electron chi connectivity index (χ1n) is 3.45. The van der Waals surface area contributed by atoms with Gasteiger partial charge in [-0.2, -0.15) is 0 Å². The maximum absolute atomic E-state index is 10.7. The van der Waals surface area contributed by atoms with Gasteiger partial charge in [0.05, 0.1) is 6.42 Å². The summed E-state index contributed by atoms with van der Waals surface area (Å²) < 4.78 is 4.95. The minimum absolute atomic E-state index is 0.100. The Hall–Kier alpha value is -1.05. The second kappa shape index (κ2) is 1.97. The van der Waals surface area contributed by atoms with E-state index < -0.39 is 0 Å². The fraction of sp³-hybridized carbons (Fsp3) is 0.375. The van der Waals surface area contributed by atoms with Gasteiger partial charge in [-0.3, -0.25) is 4.79 Å². The number of carbonyl (C=O) groups is 1. The van der Waals surface area contributed by atoms with Crippen LogP contribution in [-0.2, 0) is 9.53 Å². The van der Waals surface area contributed by atoms with Gasteiger partial charge in [0, 0.05) is 12.0 Å². The van der Waals surface area contributed by atoms with Crippen LogP contribution in [0.5, 0.6) is 0 Å². The van der Waals surface area contributed by atoms with Crippen molar-refractivity contribution in [2.75, 3.05) is 0 Å². The zero-order valence-corrected chi connectivity index (χ0v) is 5.59. The Morgan fingerprint density at radius 2 is 2.40 bits per heavy atom. The molecule has 0 fully saturated rings. The van der Waals surface area contributed by atoms with E-state index in [2.05, 4.69) is 6.08 Å². The first-order chi connectivity index (χ1) is 4.86. The SMILES string of the molecule is O=C1CC2=C(CCC=C2)O1. The average molecular weight is 136 g/mol. The number of allylic oxidation sites excluding steroid dienone is 3. The molecule has 2 heteroatoms. The lowest BCUT2D eigenvalue weighted by Gasteiger charge is -2.03. The van der Waals surface area contributed by atoms with Gasteiger partial charge >= 0.3 is 5.97 Å². The minimum atomic E-state index is -0.100. The molecule has 2 aliphatic rings. The second-order valence-electron chi connectivity index (χ2n) is 2.54. The van der Waals surface area contributed by atoms with Gasteiger partial charge in [-0.25, -0.2) is 0 Å². The minimum Gasteiger partial charge on any atom is -0.431 e. The summed E-state index contributed by atoms with van der Waals surface area (Å²) in [6.07, 6.45) is 6.46. The van der Waals surface area contributed by atoms with Crippen LogP contribution in [0.25, 0.3) is 0 Å². The van der Waals surface area contributed by atoms with Gasteiger partial charge in [-0.15, -0.1) is 0 Å². The van der Waals surface area contributed by atoms with E-state index in [1.807, 2.05) is 6.08 Å². The zero-order chi connectivity index (χ0) is 6.97. The van der Waals surface area contributed by atoms with Gasteiger partial charge in [0.15, 0.2) is 0 Å². The Morgan fingerprint density at radius 3 is 3.20 bits per heavy atom. The largest absolute Gasteiger partial charge is 0.431 e. The third-order valence-corrected chi connectivity index (χ3v) is 1.79. The summed E-state index contributed by atoms with van der Waals surface area (Å²) in [5, 5.41) is 0. The van der Waals surface area contributed by atoms with Crippen LogP contribution in [0.4, 0.5) is 0 Å². The topological polar surface area (TPSA) is 26.3 Å². The van der Waals surface area contributed by atoms with E-state index in [1.54, 1.807) is 0 Å². The van der Waals surface area contributed by atoms with Crippen molar-refractivity contribution >= 4 is 5.97 Å². The van der Waals surface area contributed by atoms with Crippen molar-refractivity contribution < 1.29 is 9.53 Å². The predicted octanol–water partition coefficient (Wildman–Crippen LogP) is 1.54. The molecule has 0 atom stereocenters. The highest BCUT2D eigenvalue weighted by Crippen LogP contribution is 2.28. The summed E-state index contributed by atoms with van der Waals surface area (Å²) in [5.41, 5.74) is 1.08. The van der Waals surface area contributed by atoms with E-state index in [-0.39, 0.29) is 5.97 Å². The summed E-state index contributed by atoms with van der Waals surface area (Å²) in [6.45, 7) is 0. The summed E-state index contributed by atoms with van der Waals surface area (Å²) in [5.74, 6) is 0.795. The molecular weight excluding hydrogens is 128 g/mol. The third-order valence-electron chi connectivity index (χ3n) is 1.79. The number of hydrogen-bond donors (Lipinski definition) is 0. The smallest absolute Gasteiger partial charge is 0.315 e. The van der Waals surface area contributed by atoms with Crippen LogP contribution < -0.4 is 0 Å². The first-order valence-corrected chi connectivity index (χ1v) is 3.45. The quantitative estimate of drug-likeness (QED) is 0.472. The maximum atomic E-state index is 10.7. The molecule has 0 radical (unpaired) electrons. The fourth-order valence-corrected chi connectivity index (χ4v) is 1.30. The van der Waals surface area contributed by atoms with Crippen LogP contribution in [0.3, 0.4) is 0 Å². The molecule has 2 rings (SSSR count). The van der Waals surface area contributed by atoms with Crippen molar-refractivity contribution in [1.29, 1.82) is 0 Å². The van der Waals surface area contributed by atoms with Crippen LogP contribution >= 0.6 is 0 Å². The summed E-state index contributed by atoms with van der Waals surface area (Å²) >= 11 is 0. The highest BCUT2D eigenvalue weighted by Gasteiger charge is 2.22. The molecule has 1 aliphatic heterocycles. The van der Waals surface area contributed by atoms with E-state index in [0.29, 0.717) is 6.42 Å². The molecule has 0 N–H and O–H groups in total. The summed E-state index contributed by atoms with van der Waals surface area (Å²) in [4.78, 5) is 10.7. The Balaban J connectivity index is 2.29. The lowest BCUT2D eigenvalue weighted by molar-refractivity contribution is -0.136. The lowest BCUT2D eigenvalue weighted by atomic mass is 10.0. The predicted molar refractivity (Wildman–Crippen MR) is 36.1 cm³/mol. The molecule has 10 heavy (non-hydrogen) atoms. The average Bonchev–Trinajstić information content (AvgIpc) is 2.27. The zero-order valence-electron chi connectivity index (χ0n) is 5.59. The molecule has 1 heterocycles. The van der Waals surface area contributed by atoms with Crippen LogP contribution in [0, 0.1) is 0 Å². The van der Waals surface area contributed by atoms with E-state index in [4.69, 9.17) is 4.74 Å². The number of esters is 1. The van der Waals surface area contributed by atoms with E-state index >= 15 is 0 Å². The second-order valence-corrected chi connectivity index (χ2v) is 2.54. The molecule has 0 spiro atoms. The monoisotopic (exact) mass is 136 g/mol. The molecule has 0 aromatic carbocycles. The fourth-order valence-electron chi connectivity index (χ4n) is 1.30. The Bertz CT molecular complexity index is 236. The highest BCUT2D eigenvalue weighted by molar-refractivity contribution is 5.78. The van der Waals surface area contributed by atoms with Crippen molar-refractivity contribution in [3.8, 4) is 0 Å². The molecule has 52 valence electrons. The molecule has 0 aromatic rings. The summed E-state index contributed by atoms with van der Waals surface area (Å²) in [6, 6.07) is 0. The van der Waals surface area contributed by atoms with Crippen molar-refractivity contribution in [2.24, 2.45) is 0 Å². The molecule has 0 unspecified atom stereocenters. The van der Waals surface area contributed by atoms with E-state index in [1.165, 1.54) is 0 Å². The van der Waals surface area contributed by atoms with Gasteiger partial charge in [-0.05, 0) is 6.42 Å². The Morgan fingerprint density at radius 1 is 1.50 bits per heavy atom. The number of rotatable bonds is 0. The molecule has 2 nitrogen and oxygen atoms in total. The third kappa shape index (κ3) is 0.764. The van der Waals surface area contributed by atoms with Crippen molar-refractivity contribution in [2.45, 2.75) is 19.3 Å². The first kappa shape index (κ1) is 5.71. The number of carbonyl (C=O) groups excluding carboxylic acids is 1. The standard InChI is InChI=1S/C8H8O2/c9-8-5-6-3-1-2-4-7(6)10-8/h1,3H,2,4-5H2. The van der Waals surface area contributed by atoms with Crippen LogP contribution in [0.15, 0.2) is 23.5 Å². The Kier molecular flexibility index (Phi) is 1.13. The Labute approximate surface area is 59.2 Å².